The highest BCUT2D eigenvalue weighted by Gasteiger charge is 2.12. The van der Waals surface area contributed by atoms with Crippen LogP contribution in [0.15, 0.2) is 4.52 Å². The Bertz CT molecular complexity index is 288. The molecule has 0 aromatic carbocycles. The molecule has 0 aliphatic heterocycles. The third kappa shape index (κ3) is 4.66. The smallest absolute Gasteiger partial charge is 0.228 e. The molecule has 0 aliphatic carbocycles. The molecule has 0 radical (unpaired) electrons. The van der Waals surface area contributed by atoms with Crippen LogP contribution in [0, 0.1) is 5.92 Å². The van der Waals surface area contributed by atoms with Crippen LogP contribution in [0.4, 0.5) is 0 Å². The number of rotatable bonds is 6. The molecule has 0 spiro atoms. The van der Waals surface area contributed by atoms with Crippen molar-refractivity contribution in [3.05, 3.63) is 11.7 Å². The lowest BCUT2D eigenvalue weighted by atomic mass is 10.0. The molecule has 1 atom stereocenters. The summed E-state index contributed by atoms with van der Waals surface area (Å²) < 4.78 is 5.11. The standard InChI is InChI=1S/C10H19N3OS/c1-7(2)4-8(11)5-10-12-9(6-15-3)13-14-10/h7-8H,4-6,11H2,1-3H3. The topological polar surface area (TPSA) is 64.9 Å². The van der Waals surface area contributed by atoms with Crippen LogP contribution in [0.1, 0.15) is 32.0 Å². The Morgan fingerprint density at radius 3 is 2.80 bits per heavy atom. The van der Waals surface area contributed by atoms with Crippen LogP contribution in [-0.2, 0) is 12.2 Å². The van der Waals surface area contributed by atoms with E-state index in [1.165, 1.54) is 0 Å². The van der Waals surface area contributed by atoms with Gasteiger partial charge in [0, 0.05) is 12.5 Å². The van der Waals surface area contributed by atoms with Gasteiger partial charge < -0.3 is 10.3 Å². The lowest BCUT2D eigenvalue weighted by Crippen LogP contribution is -2.24. The Kier molecular flexibility index (Phi) is 5.11. The van der Waals surface area contributed by atoms with Gasteiger partial charge in [-0.2, -0.15) is 16.7 Å². The Balaban J connectivity index is 2.42. The molecule has 1 aromatic rings. The molecule has 5 heteroatoms. The van der Waals surface area contributed by atoms with E-state index in [0.29, 0.717) is 18.2 Å². The number of aromatic nitrogens is 2. The van der Waals surface area contributed by atoms with E-state index in [4.69, 9.17) is 10.3 Å². The quantitative estimate of drug-likeness (QED) is 0.806. The van der Waals surface area contributed by atoms with E-state index in [1.54, 1.807) is 11.8 Å². The normalized spacial score (nSPS) is 13.4. The van der Waals surface area contributed by atoms with Gasteiger partial charge in [0.25, 0.3) is 0 Å². The van der Waals surface area contributed by atoms with Gasteiger partial charge in [-0.15, -0.1) is 0 Å². The number of nitrogens with zero attached hydrogens (tertiary/aromatic N) is 2. The van der Waals surface area contributed by atoms with Crippen molar-refractivity contribution in [2.45, 2.75) is 38.5 Å². The van der Waals surface area contributed by atoms with Crippen LogP contribution in [-0.4, -0.2) is 22.4 Å². The average molecular weight is 229 g/mol. The Morgan fingerprint density at radius 2 is 2.20 bits per heavy atom. The van der Waals surface area contributed by atoms with Crippen molar-refractivity contribution >= 4 is 11.8 Å². The third-order valence-corrected chi connectivity index (χ3v) is 2.54. The van der Waals surface area contributed by atoms with Crippen LogP contribution < -0.4 is 5.73 Å². The number of nitrogens with two attached hydrogens (primary N) is 1. The average Bonchev–Trinajstić information content (AvgIpc) is 2.51. The third-order valence-electron chi connectivity index (χ3n) is 1.99. The van der Waals surface area contributed by atoms with Gasteiger partial charge in [0.2, 0.25) is 5.89 Å². The van der Waals surface area contributed by atoms with Gasteiger partial charge in [-0.25, -0.2) is 0 Å². The van der Waals surface area contributed by atoms with E-state index < -0.39 is 0 Å². The second kappa shape index (κ2) is 6.12. The molecular formula is C10H19N3OS. The predicted octanol–water partition coefficient (Wildman–Crippen LogP) is 1.85. The Labute approximate surface area is 95.0 Å². The van der Waals surface area contributed by atoms with Crippen LogP contribution in [0.5, 0.6) is 0 Å². The van der Waals surface area contributed by atoms with E-state index in [-0.39, 0.29) is 6.04 Å². The monoisotopic (exact) mass is 229 g/mol. The van der Waals surface area contributed by atoms with Crippen LogP contribution in [0.2, 0.25) is 0 Å². The molecule has 0 amide bonds. The lowest BCUT2D eigenvalue weighted by Gasteiger charge is -2.10. The molecule has 1 rings (SSSR count). The molecule has 1 heterocycles. The first kappa shape index (κ1) is 12.5. The van der Waals surface area contributed by atoms with Crippen molar-refractivity contribution in [3.8, 4) is 0 Å². The van der Waals surface area contributed by atoms with Gasteiger partial charge >= 0.3 is 0 Å². The van der Waals surface area contributed by atoms with Gasteiger partial charge in [-0.05, 0) is 18.6 Å². The molecule has 0 bridgehead atoms. The van der Waals surface area contributed by atoms with Crippen molar-refractivity contribution < 1.29 is 4.52 Å². The first-order chi connectivity index (χ1) is 7.11. The van der Waals surface area contributed by atoms with E-state index in [9.17, 15) is 0 Å². The summed E-state index contributed by atoms with van der Waals surface area (Å²) >= 11 is 1.68. The molecule has 4 nitrogen and oxygen atoms in total. The molecule has 0 fully saturated rings. The molecule has 0 saturated heterocycles. The fourth-order valence-corrected chi connectivity index (χ4v) is 1.85. The van der Waals surface area contributed by atoms with Crippen molar-refractivity contribution in [3.63, 3.8) is 0 Å². The minimum Gasteiger partial charge on any atom is -0.339 e. The first-order valence-electron chi connectivity index (χ1n) is 5.17. The van der Waals surface area contributed by atoms with Crippen LogP contribution >= 0.6 is 11.8 Å². The minimum atomic E-state index is 0.118. The highest BCUT2D eigenvalue weighted by molar-refractivity contribution is 7.97. The zero-order valence-electron chi connectivity index (χ0n) is 9.56. The SMILES string of the molecule is CSCc1noc(CC(N)CC(C)C)n1. The van der Waals surface area contributed by atoms with Gasteiger partial charge in [-0.3, -0.25) is 0 Å². The summed E-state index contributed by atoms with van der Waals surface area (Å²) in [4.78, 5) is 4.27. The summed E-state index contributed by atoms with van der Waals surface area (Å²) in [7, 11) is 0. The van der Waals surface area contributed by atoms with Gasteiger partial charge in [0.05, 0.1) is 5.75 Å². The second-order valence-electron chi connectivity index (χ2n) is 4.13. The maximum Gasteiger partial charge on any atom is 0.228 e. The molecule has 1 unspecified atom stereocenters. The fourth-order valence-electron chi connectivity index (χ4n) is 1.47. The van der Waals surface area contributed by atoms with Crippen molar-refractivity contribution in [1.82, 2.24) is 10.1 Å². The number of thioether (sulfide) groups is 1. The number of hydrogen-bond donors (Lipinski definition) is 1. The number of hydrogen-bond acceptors (Lipinski definition) is 5. The van der Waals surface area contributed by atoms with Crippen molar-refractivity contribution in [1.29, 1.82) is 0 Å². The van der Waals surface area contributed by atoms with E-state index in [2.05, 4.69) is 24.0 Å². The molecule has 2 N–H and O–H groups in total. The Morgan fingerprint density at radius 1 is 1.47 bits per heavy atom. The van der Waals surface area contributed by atoms with Crippen LogP contribution in [0.25, 0.3) is 0 Å². The van der Waals surface area contributed by atoms with Crippen LogP contribution in [0.3, 0.4) is 0 Å². The molecule has 86 valence electrons. The summed E-state index contributed by atoms with van der Waals surface area (Å²) in [5.74, 6) is 2.82. The predicted molar refractivity (Wildman–Crippen MR) is 62.7 cm³/mol. The molecular weight excluding hydrogens is 210 g/mol. The molecule has 15 heavy (non-hydrogen) atoms. The molecule has 1 aromatic heterocycles. The fraction of sp³-hybridized carbons (Fsp3) is 0.800. The molecule has 0 aliphatic rings. The zero-order valence-corrected chi connectivity index (χ0v) is 10.4. The van der Waals surface area contributed by atoms with Crippen molar-refractivity contribution in [2.24, 2.45) is 11.7 Å². The summed E-state index contributed by atoms with van der Waals surface area (Å²) in [6.07, 6.45) is 3.68. The first-order valence-corrected chi connectivity index (χ1v) is 6.57. The maximum atomic E-state index is 5.96. The van der Waals surface area contributed by atoms with Crippen molar-refractivity contribution in [2.75, 3.05) is 6.26 Å². The van der Waals surface area contributed by atoms with E-state index in [0.717, 1.165) is 18.0 Å². The van der Waals surface area contributed by atoms with E-state index >= 15 is 0 Å². The maximum absolute atomic E-state index is 5.96. The summed E-state index contributed by atoms with van der Waals surface area (Å²) in [5.41, 5.74) is 5.96. The Hall–Kier alpha value is -0.550. The lowest BCUT2D eigenvalue weighted by molar-refractivity contribution is 0.356. The second-order valence-corrected chi connectivity index (χ2v) is 5.00. The highest BCUT2D eigenvalue weighted by Crippen LogP contribution is 2.10. The summed E-state index contributed by atoms with van der Waals surface area (Å²) in [6.45, 7) is 4.32. The largest absolute Gasteiger partial charge is 0.339 e. The molecule has 0 saturated carbocycles. The van der Waals surface area contributed by atoms with E-state index in [1.807, 2.05) is 6.26 Å². The van der Waals surface area contributed by atoms with Gasteiger partial charge in [0.1, 0.15) is 0 Å². The summed E-state index contributed by atoms with van der Waals surface area (Å²) in [6, 6.07) is 0.118. The van der Waals surface area contributed by atoms with Gasteiger partial charge in [0.15, 0.2) is 5.82 Å². The summed E-state index contributed by atoms with van der Waals surface area (Å²) in [5, 5.41) is 3.88. The van der Waals surface area contributed by atoms with Gasteiger partial charge in [-0.1, -0.05) is 19.0 Å². The minimum absolute atomic E-state index is 0.118. The zero-order chi connectivity index (χ0) is 11.3. The highest BCUT2D eigenvalue weighted by atomic mass is 32.2.